The van der Waals surface area contributed by atoms with Gasteiger partial charge in [0.15, 0.2) is 0 Å². The maximum atomic E-state index is 10.9. The van der Waals surface area contributed by atoms with Crippen LogP contribution >= 0.6 is 0 Å². The van der Waals surface area contributed by atoms with Crippen molar-refractivity contribution in [1.29, 1.82) is 0 Å². The van der Waals surface area contributed by atoms with Crippen LogP contribution in [0.3, 0.4) is 0 Å². The van der Waals surface area contributed by atoms with Gasteiger partial charge in [0.05, 0.1) is 11.4 Å². The van der Waals surface area contributed by atoms with Gasteiger partial charge in [0.2, 0.25) is 5.91 Å². The van der Waals surface area contributed by atoms with Crippen molar-refractivity contribution in [2.24, 2.45) is 10.2 Å². The molecule has 0 radical (unpaired) electrons. The third-order valence-corrected chi connectivity index (χ3v) is 3.99. The Balaban J connectivity index is 1.81. The summed E-state index contributed by atoms with van der Waals surface area (Å²) in [5, 5.41) is 14.7. The van der Waals surface area contributed by atoms with Gasteiger partial charge in [-0.05, 0) is 48.4 Å². The molecule has 1 amide bonds. The standard InChI is InChI=1S/C21H28N4O/c1-3-4-5-6-15-22-19-11-13-21(14-12-19)25-24-20-9-7-18(8-10-20)16-23-17(2)26/h7-14,22H,3-6,15-16H2,1-2H3,(H,23,26). The Morgan fingerprint density at radius 2 is 1.50 bits per heavy atom. The van der Waals surface area contributed by atoms with Crippen molar-refractivity contribution < 1.29 is 4.79 Å². The molecule has 2 aromatic carbocycles. The zero-order chi connectivity index (χ0) is 18.6. The second-order valence-electron chi connectivity index (χ2n) is 6.31. The molecule has 138 valence electrons. The van der Waals surface area contributed by atoms with E-state index in [1.807, 2.05) is 48.5 Å². The molecular weight excluding hydrogens is 324 g/mol. The van der Waals surface area contributed by atoms with Crippen molar-refractivity contribution in [3.63, 3.8) is 0 Å². The molecule has 5 heteroatoms. The summed E-state index contributed by atoms with van der Waals surface area (Å²) >= 11 is 0. The predicted molar refractivity (Wildman–Crippen MR) is 107 cm³/mol. The van der Waals surface area contributed by atoms with E-state index in [9.17, 15) is 4.79 Å². The van der Waals surface area contributed by atoms with Gasteiger partial charge < -0.3 is 10.6 Å². The molecule has 0 aliphatic carbocycles. The summed E-state index contributed by atoms with van der Waals surface area (Å²) in [4.78, 5) is 10.9. The first-order valence-electron chi connectivity index (χ1n) is 9.26. The number of unbranched alkanes of at least 4 members (excludes halogenated alkanes) is 3. The maximum absolute atomic E-state index is 10.9. The summed E-state index contributed by atoms with van der Waals surface area (Å²) < 4.78 is 0. The number of carbonyl (C=O) groups is 1. The lowest BCUT2D eigenvalue weighted by Gasteiger charge is -2.06. The average molecular weight is 352 g/mol. The molecule has 2 N–H and O–H groups in total. The molecule has 2 rings (SSSR count). The lowest BCUT2D eigenvalue weighted by atomic mass is 10.2. The number of carbonyl (C=O) groups excluding carboxylic acids is 1. The minimum atomic E-state index is -0.0346. The molecule has 0 saturated heterocycles. The largest absolute Gasteiger partial charge is 0.385 e. The molecule has 5 nitrogen and oxygen atoms in total. The van der Waals surface area contributed by atoms with Gasteiger partial charge >= 0.3 is 0 Å². The van der Waals surface area contributed by atoms with Gasteiger partial charge in [0, 0.05) is 25.7 Å². The molecule has 0 unspecified atom stereocenters. The monoisotopic (exact) mass is 352 g/mol. The molecule has 0 aromatic heterocycles. The molecule has 0 aliphatic heterocycles. The third kappa shape index (κ3) is 7.47. The van der Waals surface area contributed by atoms with Crippen molar-refractivity contribution in [3.8, 4) is 0 Å². The van der Waals surface area contributed by atoms with Crippen LogP contribution in [0.4, 0.5) is 17.1 Å². The fourth-order valence-corrected chi connectivity index (χ4v) is 2.45. The van der Waals surface area contributed by atoms with Crippen LogP contribution in [0.15, 0.2) is 58.8 Å². The van der Waals surface area contributed by atoms with E-state index < -0.39 is 0 Å². The van der Waals surface area contributed by atoms with E-state index in [1.54, 1.807) is 0 Å². The molecular formula is C21H28N4O. The molecule has 0 atom stereocenters. The number of hydrogen-bond acceptors (Lipinski definition) is 4. The Kier molecular flexibility index (Phi) is 8.33. The Hall–Kier alpha value is -2.69. The number of amides is 1. The van der Waals surface area contributed by atoms with Crippen LogP contribution in [-0.2, 0) is 11.3 Å². The zero-order valence-corrected chi connectivity index (χ0v) is 15.7. The Morgan fingerprint density at radius 3 is 2.08 bits per heavy atom. The summed E-state index contributed by atoms with van der Waals surface area (Å²) in [6.07, 6.45) is 5.04. The first kappa shape index (κ1) is 19.6. The van der Waals surface area contributed by atoms with Crippen LogP contribution in [0.25, 0.3) is 0 Å². The van der Waals surface area contributed by atoms with Crippen molar-refractivity contribution in [1.82, 2.24) is 5.32 Å². The molecule has 0 fully saturated rings. The summed E-state index contributed by atoms with van der Waals surface area (Å²) in [6, 6.07) is 15.7. The van der Waals surface area contributed by atoms with Crippen molar-refractivity contribution in [2.75, 3.05) is 11.9 Å². The molecule has 26 heavy (non-hydrogen) atoms. The van der Waals surface area contributed by atoms with E-state index >= 15 is 0 Å². The number of rotatable bonds is 10. The van der Waals surface area contributed by atoms with Gasteiger partial charge in [0.25, 0.3) is 0 Å². The Morgan fingerprint density at radius 1 is 0.885 bits per heavy atom. The fraction of sp³-hybridized carbons (Fsp3) is 0.381. The average Bonchev–Trinajstić information content (AvgIpc) is 2.66. The van der Waals surface area contributed by atoms with E-state index in [0.717, 1.165) is 29.2 Å². The van der Waals surface area contributed by atoms with Gasteiger partial charge in [-0.2, -0.15) is 10.2 Å². The number of nitrogens with zero attached hydrogens (tertiary/aromatic N) is 2. The Labute approximate surface area is 155 Å². The molecule has 0 aliphatic rings. The smallest absolute Gasteiger partial charge is 0.217 e. The van der Waals surface area contributed by atoms with Gasteiger partial charge in [-0.1, -0.05) is 38.3 Å². The fourth-order valence-electron chi connectivity index (χ4n) is 2.45. The van der Waals surface area contributed by atoms with E-state index in [-0.39, 0.29) is 5.91 Å². The molecule has 0 bridgehead atoms. The normalized spacial score (nSPS) is 10.8. The SMILES string of the molecule is CCCCCCNc1ccc(N=Nc2ccc(CNC(C)=O)cc2)cc1. The zero-order valence-electron chi connectivity index (χ0n) is 15.7. The highest BCUT2D eigenvalue weighted by atomic mass is 16.1. The summed E-state index contributed by atoms with van der Waals surface area (Å²) in [6.45, 7) is 5.27. The van der Waals surface area contributed by atoms with Gasteiger partial charge in [-0.3, -0.25) is 4.79 Å². The minimum Gasteiger partial charge on any atom is -0.385 e. The van der Waals surface area contributed by atoms with Gasteiger partial charge in [0.1, 0.15) is 0 Å². The third-order valence-electron chi connectivity index (χ3n) is 3.99. The second-order valence-corrected chi connectivity index (χ2v) is 6.31. The highest BCUT2D eigenvalue weighted by molar-refractivity contribution is 5.72. The molecule has 0 heterocycles. The lowest BCUT2D eigenvalue weighted by molar-refractivity contribution is -0.119. The van der Waals surface area contributed by atoms with Crippen LogP contribution in [0.5, 0.6) is 0 Å². The summed E-state index contributed by atoms with van der Waals surface area (Å²) in [7, 11) is 0. The van der Waals surface area contributed by atoms with E-state index in [0.29, 0.717) is 6.54 Å². The van der Waals surface area contributed by atoms with Gasteiger partial charge in [-0.25, -0.2) is 0 Å². The maximum Gasteiger partial charge on any atom is 0.217 e. The van der Waals surface area contributed by atoms with E-state index in [1.165, 1.54) is 32.6 Å². The van der Waals surface area contributed by atoms with Crippen LogP contribution in [-0.4, -0.2) is 12.5 Å². The van der Waals surface area contributed by atoms with Crippen LogP contribution in [0, 0.1) is 0 Å². The van der Waals surface area contributed by atoms with Crippen LogP contribution in [0.2, 0.25) is 0 Å². The molecule has 0 saturated carbocycles. The first-order chi connectivity index (χ1) is 12.7. The van der Waals surface area contributed by atoms with Crippen molar-refractivity contribution >= 4 is 23.0 Å². The number of azo groups is 1. The van der Waals surface area contributed by atoms with Crippen LogP contribution < -0.4 is 10.6 Å². The quantitative estimate of drug-likeness (QED) is 0.423. The number of anilines is 1. The number of benzene rings is 2. The highest BCUT2D eigenvalue weighted by Crippen LogP contribution is 2.20. The second kappa shape index (κ2) is 11.0. The van der Waals surface area contributed by atoms with Gasteiger partial charge in [-0.15, -0.1) is 0 Å². The van der Waals surface area contributed by atoms with E-state index in [2.05, 4.69) is 27.8 Å². The topological polar surface area (TPSA) is 65.8 Å². The summed E-state index contributed by atoms with van der Waals surface area (Å²) in [5.74, 6) is -0.0346. The van der Waals surface area contributed by atoms with Crippen molar-refractivity contribution in [2.45, 2.75) is 46.1 Å². The molecule has 0 spiro atoms. The summed E-state index contributed by atoms with van der Waals surface area (Å²) in [5.41, 5.74) is 3.76. The lowest BCUT2D eigenvalue weighted by Crippen LogP contribution is -2.18. The minimum absolute atomic E-state index is 0.0346. The number of hydrogen-bond donors (Lipinski definition) is 2. The van der Waals surface area contributed by atoms with Crippen molar-refractivity contribution in [3.05, 3.63) is 54.1 Å². The van der Waals surface area contributed by atoms with Crippen LogP contribution in [0.1, 0.15) is 45.1 Å². The Bertz CT molecular complexity index is 693. The van der Waals surface area contributed by atoms with E-state index in [4.69, 9.17) is 0 Å². The predicted octanol–water partition coefficient (Wildman–Crippen LogP) is 5.73. The number of nitrogens with one attached hydrogen (secondary N) is 2. The molecule has 2 aromatic rings. The first-order valence-corrected chi connectivity index (χ1v) is 9.26. The highest BCUT2D eigenvalue weighted by Gasteiger charge is 1.97.